The van der Waals surface area contributed by atoms with E-state index in [1.165, 1.54) is 25.3 Å². The molecule has 3 rings (SSSR count). The third-order valence-electron chi connectivity index (χ3n) is 4.71. The highest BCUT2D eigenvalue weighted by molar-refractivity contribution is 5.81. The number of ether oxygens (including phenoxy) is 2. The number of benzene rings is 1. The summed E-state index contributed by atoms with van der Waals surface area (Å²) in [5.74, 6) is -0.105. The van der Waals surface area contributed by atoms with Crippen LogP contribution in [-0.4, -0.2) is 28.0 Å². The number of rotatable bonds is 7. The Hall–Kier alpha value is -2.77. The molecule has 0 unspecified atom stereocenters. The van der Waals surface area contributed by atoms with Crippen LogP contribution >= 0.6 is 0 Å². The second kappa shape index (κ2) is 8.31. The number of aryl methyl sites for hydroxylation is 3. The van der Waals surface area contributed by atoms with Crippen LogP contribution < -0.4 is 9.47 Å². The van der Waals surface area contributed by atoms with Gasteiger partial charge in [-0.15, -0.1) is 13.2 Å². The average molecular weight is 407 g/mol. The summed E-state index contributed by atoms with van der Waals surface area (Å²) in [4.78, 5) is 9.52. The summed E-state index contributed by atoms with van der Waals surface area (Å²) in [6.07, 6.45) is 0.629. The Balaban J connectivity index is 2.03. The third kappa shape index (κ3) is 4.63. The first-order chi connectivity index (χ1) is 13.7. The molecule has 156 valence electrons. The number of hydrogen-bond donors (Lipinski definition) is 0. The van der Waals surface area contributed by atoms with Gasteiger partial charge in [-0.2, -0.15) is 0 Å². The zero-order valence-electron chi connectivity index (χ0n) is 16.9. The van der Waals surface area contributed by atoms with Crippen LogP contribution in [-0.2, 0) is 6.54 Å². The highest BCUT2D eigenvalue weighted by Crippen LogP contribution is 2.36. The molecule has 2 heterocycles. The first-order valence-corrected chi connectivity index (χ1v) is 9.51. The van der Waals surface area contributed by atoms with Gasteiger partial charge in [-0.3, -0.25) is 0 Å². The first-order valence-electron chi connectivity index (χ1n) is 9.51. The van der Waals surface area contributed by atoms with Gasteiger partial charge in [0, 0.05) is 24.4 Å². The van der Waals surface area contributed by atoms with Crippen molar-refractivity contribution in [3.8, 4) is 22.8 Å². The van der Waals surface area contributed by atoms with Crippen molar-refractivity contribution in [3.63, 3.8) is 0 Å². The molecule has 0 bridgehead atoms. The number of hydrogen-bond acceptors (Lipinski definition) is 4. The van der Waals surface area contributed by atoms with Crippen LogP contribution in [0.15, 0.2) is 24.4 Å². The van der Waals surface area contributed by atoms with E-state index in [2.05, 4.69) is 16.2 Å². The fraction of sp³-hybridized carbons (Fsp3) is 0.429. The Labute approximate surface area is 167 Å². The van der Waals surface area contributed by atoms with Crippen LogP contribution in [0.25, 0.3) is 22.4 Å². The number of alkyl halides is 3. The first kappa shape index (κ1) is 21.0. The van der Waals surface area contributed by atoms with Gasteiger partial charge in [0.05, 0.1) is 18.5 Å². The van der Waals surface area contributed by atoms with Gasteiger partial charge in [0.2, 0.25) is 0 Å². The molecule has 8 heteroatoms. The van der Waals surface area contributed by atoms with Gasteiger partial charge in [-0.05, 0) is 38.0 Å². The summed E-state index contributed by atoms with van der Waals surface area (Å²) < 4.78 is 48.9. The van der Waals surface area contributed by atoms with Crippen LogP contribution in [0.5, 0.6) is 11.5 Å². The van der Waals surface area contributed by atoms with Crippen LogP contribution in [0.2, 0.25) is 0 Å². The van der Waals surface area contributed by atoms with Crippen LogP contribution in [0.3, 0.4) is 0 Å². The maximum atomic E-state index is 12.5. The average Bonchev–Trinajstić information content (AvgIpc) is 2.95. The fourth-order valence-electron chi connectivity index (χ4n) is 3.35. The molecule has 0 atom stereocenters. The van der Waals surface area contributed by atoms with Crippen molar-refractivity contribution < 1.29 is 22.6 Å². The molecule has 5 nitrogen and oxygen atoms in total. The van der Waals surface area contributed by atoms with Crippen molar-refractivity contribution in [2.45, 2.75) is 52.9 Å². The minimum absolute atomic E-state index is 0.239. The van der Waals surface area contributed by atoms with Gasteiger partial charge in [-0.1, -0.05) is 19.8 Å². The summed E-state index contributed by atoms with van der Waals surface area (Å²) in [5, 5.41) is 0. The zero-order chi connectivity index (χ0) is 21.2. The van der Waals surface area contributed by atoms with Crippen molar-refractivity contribution >= 4 is 11.2 Å². The quantitative estimate of drug-likeness (QED) is 0.464. The largest absolute Gasteiger partial charge is 0.573 e. The maximum Gasteiger partial charge on any atom is 0.573 e. The Bertz CT molecular complexity index is 1010. The van der Waals surface area contributed by atoms with Gasteiger partial charge in [0.1, 0.15) is 17.0 Å². The smallest absolute Gasteiger partial charge is 0.496 e. The minimum atomic E-state index is -4.76. The van der Waals surface area contributed by atoms with Crippen molar-refractivity contribution in [1.82, 2.24) is 14.5 Å². The molecule has 29 heavy (non-hydrogen) atoms. The van der Waals surface area contributed by atoms with Gasteiger partial charge in [0.15, 0.2) is 5.65 Å². The second-order valence-corrected chi connectivity index (χ2v) is 6.95. The standard InChI is InChI=1S/C21H24F3N3O2/c1-5-6-7-10-27-12-13(2)18-20(27)25-14(3)19(26-18)16-9-8-15(11-17(16)28-4)29-21(22,23)24/h8-9,11-12H,5-7,10H2,1-4H3. The number of aromatic nitrogens is 3. The number of fused-ring (bicyclic) bond motifs is 1. The van der Waals surface area contributed by atoms with E-state index >= 15 is 0 Å². The van der Waals surface area contributed by atoms with E-state index in [-0.39, 0.29) is 11.5 Å². The topological polar surface area (TPSA) is 49.2 Å². The monoisotopic (exact) mass is 407 g/mol. The Morgan fingerprint density at radius 1 is 1.10 bits per heavy atom. The lowest BCUT2D eigenvalue weighted by Gasteiger charge is -2.14. The number of halogens is 3. The highest BCUT2D eigenvalue weighted by Gasteiger charge is 2.31. The van der Waals surface area contributed by atoms with E-state index in [4.69, 9.17) is 14.7 Å². The lowest BCUT2D eigenvalue weighted by Crippen LogP contribution is -2.17. The molecule has 2 aromatic heterocycles. The number of unbranched alkanes of at least 4 members (excludes halogenated alkanes) is 2. The normalized spacial score (nSPS) is 11.8. The van der Waals surface area contributed by atoms with E-state index < -0.39 is 6.36 Å². The molecule has 0 saturated heterocycles. The Morgan fingerprint density at radius 2 is 1.86 bits per heavy atom. The molecule has 0 aliphatic heterocycles. The molecule has 0 aliphatic rings. The number of nitrogens with zero attached hydrogens (tertiary/aromatic N) is 3. The lowest BCUT2D eigenvalue weighted by atomic mass is 10.1. The summed E-state index contributed by atoms with van der Waals surface area (Å²) in [6, 6.07) is 3.96. The Morgan fingerprint density at radius 3 is 2.52 bits per heavy atom. The molecule has 0 aliphatic carbocycles. The summed E-state index contributed by atoms with van der Waals surface area (Å²) >= 11 is 0. The third-order valence-corrected chi connectivity index (χ3v) is 4.71. The van der Waals surface area contributed by atoms with Crippen molar-refractivity contribution in [1.29, 1.82) is 0 Å². The van der Waals surface area contributed by atoms with Gasteiger partial charge < -0.3 is 14.0 Å². The van der Waals surface area contributed by atoms with Gasteiger partial charge >= 0.3 is 6.36 Å². The molecule has 0 saturated carbocycles. The number of methoxy groups -OCH3 is 1. The molecule has 3 aromatic rings. The molecule has 0 radical (unpaired) electrons. The predicted molar refractivity (Wildman–Crippen MR) is 105 cm³/mol. The molecule has 0 N–H and O–H groups in total. The van der Waals surface area contributed by atoms with Gasteiger partial charge in [-0.25, -0.2) is 9.97 Å². The zero-order valence-corrected chi connectivity index (χ0v) is 16.9. The molecule has 1 aromatic carbocycles. The summed E-state index contributed by atoms with van der Waals surface area (Å²) in [7, 11) is 1.40. The molecular weight excluding hydrogens is 383 g/mol. The summed E-state index contributed by atoms with van der Waals surface area (Å²) in [6.45, 7) is 6.84. The lowest BCUT2D eigenvalue weighted by molar-refractivity contribution is -0.274. The van der Waals surface area contributed by atoms with E-state index in [9.17, 15) is 13.2 Å². The minimum Gasteiger partial charge on any atom is -0.496 e. The molecule has 0 spiro atoms. The van der Waals surface area contributed by atoms with Crippen LogP contribution in [0.4, 0.5) is 13.2 Å². The fourth-order valence-corrected chi connectivity index (χ4v) is 3.35. The van der Waals surface area contributed by atoms with E-state index in [0.29, 0.717) is 17.0 Å². The van der Waals surface area contributed by atoms with Gasteiger partial charge in [0.25, 0.3) is 0 Å². The summed E-state index contributed by atoms with van der Waals surface area (Å²) in [5.41, 5.74) is 4.40. The highest BCUT2D eigenvalue weighted by atomic mass is 19.4. The van der Waals surface area contributed by atoms with E-state index in [1.54, 1.807) is 0 Å². The van der Waals surface area contributed by atoms with E-state index in [1.807, 2.05) is 20.0 Å². The van der Waals surface area contributed by atoms with Crippen molar-refractivity contribution in [3.05, 3.63) is 35.7 Å². The predicted octanol–water partition coefficient (Wildman–Crippen LogP) is 5.81. The molecule has 0 fully saturated rings. The second-order valence-electron chi connectivity index (χ2n) is 6.95. The van der Waals surface area contributed by atoms with E-state index in [0.717, 1.165) is 42.5 Å². The van der Waals surface area contributed by atoms with Crippen LogP contribution in [0, 0.1) is 13.8 Å². The molecular formula is C21H24F3N3O2. The Kier molecular flexibility index (Phi) is 6.00. The molecule has 0 amide bonds. The van der Waals surface area contributed by atoms with Crippen molar-refractivity contribution in [2.75, 3.05) is 7.11 Å². The van der Waals surface area contributed by atoms with Crippen LogP contribution in [0.1, 0.15) is 37.4 Å². The maximum absolute atomic E-state index is 12.5. The SMILES string of the molecule is CCCCCn1cc(C)c2nc(-c3ccc(OC(F)(F)F)cc3OC)c(C)nc21. The van der Waals surface area contributed by atoms with Crippen molar-refractivity contribution in [2.24, 2.45) is 0 Å².